The first-order valence-electron chi connectivity index (χ1n) is 13.9. The number of aromatic nitrogens is 1. The van der Waals surface area contributed by atoms with E-state index >= 15 is 0 Å². The molecule has 224 valence electrons. The maximum atomic E-state index is 13.7. The smallest absolute Gasteiger partial charge is 0.259 e. The Kier molecular flexibility index (Phi) is 8.89. The summed E-state index contributed by atoms with van der Waals surface area (Å²) in [6.45, 7) is 3.36. The SMILES string of the molecule is COc1cccc(-c2noc(C)c2C(=O)N2CCN(c3cc(NC(=O)c4ccc(N(C)C)cc4)c(CO)cc3Cl)CC2)c1. The highest BCUT2D eigenvalue weighted by Gasteiger charge is 2.29. The van der Waals surface area contributed by atoms with E-state index in [1.807, 2.05) is 55.4 Å². The summed E-state index contributed by atoms with van der Waals surface area (Å²) < 4.78 is 10.8. The second kappa shape index (κ2) is 12.8. The van der Waals surface area contributed by atoms with Crippen molar-refractivity contribution < 1.29 is 24.0 Å². The Bertz CT molecular complexity index is 1630. The number of aliphatic hydroxyl groups excluding tert-OH is 1. The van der Waals surface area contributed by atoms with E-state index < -0.39 is 0 Å². The van der Waals surface area contributed by atoms with Crippen LogP contribution in [0, 0.1) is 6.92 Å². The quantitative estimate of drug-likeness (QED) is 0.287. The van der Waals surface area contributed by atoms with Gasteiger partial charge in [0.05, 0.1) is 24.4 Å². The molecule has 1 aromatic heterocycles. The minimum absolute atomic E-state index is 0.161. The largest absolute Gasteiger partial charge is 0.497 e. The van der Waals surface area contributed by atoms with Gasteiger partial charge in [-0.1, -0.05) is 28.9 Å². The van der Waals surface area contributed by atoms with Crippen LogP contribution in [0.3, 0.4) is 0 Å². The molecular weight excluding hydrogens is 570 g/mol. The molecule has 3 aromatic carbocycles. The van der Waals surface area contributed by atoms with Gasteiger partial charge in [-0.05, 0) is 55.5 Å². The second-order valence-corrected chi connectivity index (χ2v) is 10.9. The highest BCUT2D eigenvalue weighted by molar-refractivity contribution is 6.33. The highest BCUT2D eigenvalue weighted by Crippen LogP contribution is 2.34. The lowest BCUT2D eigenvalue weighted by molar-refractivity contribution is 0.0745. The number of rotatable bonds is 8. The van der Waals surface area contributed by atoms with Crippen molar-refractivity contribution in [2.45, 2.75) is 13.5 Å². The first-order valence-corrected chi connectivity index (χ1v) is 14.2. The fourth-order valence-electron chi connectivity index (χ4n) is 5.10. The molecule has 1 fully saturated rings. The van der Waals surface area contributed by atoms with Gasteiger partial charge in [-0.3, -0.25) is 9.59 Å². The molecule has 2 N–H and O–H groups in total. The number of carbonyl (C=O) groups is 2. The average molecular weight is 604 g/mol. The van der Waals surface area contributed by atoms with Crippen molar-refractivity contribution in [3.63, 3.8) is 0 Å². The molecule has 2 amide bonds. The van der Waals surface area contributed by atoms with Gasteiger partial charge in [0.1, 0.15) is 22.8 Å². The van der Waals surface area contributed by atoms with Crippen LogP contribution >= 0.6 is 11.6 Å². The molecule has 0 spiro atoms. The molecule has 0 bridgehead atoms. The van der Waals surface area contributed by atoms with E-state index in [2.05, 4.69) is 15.4 Å². The van der Waals surface area contributed by atoms with E-state index in [1.165, 1.54) is 0 Å². The third kappa shape index (κ3) is 6.30. The Balaban J connectivity index is 1.31. The number of piperazine rings is 1. The lowest BCUT2D eigenvalue weighted by Gasteiger charge is -2.36. The third-order valence-corrected chi connectivity index (χ3v) is 7.87. The number of amides is 2. The van der Waals surface area contributed by atoms with E-state index in [-0.39, 0.29) is 18.4 Å². The highest BCUT2D eigenvalue weighted by atomic mass is 35.5. The fourth-order valence-corrected chi connectivity index (χ4v) is 5.40. The lowest BCUT2D eigenvalue weighted by atomic mass is 10.0. The number of methoxy groups -OCH3 is 1. The van der Waals surface area contributed by atoms with Crippen molar-refractivity contribution >= 4 is 40.5 Å². The van der Waals surface area contributed by atoms with E-state index in [9.17, 15) is 14.7 Å². The van der Waals surface area contributed by atoms with Crippen LogP contribution in [0.4, 0.5) is 17.1 Å². The van der Waals surface area contributed by atoms with Gasteiger partial charge < -0.3 is 34.4 Å². The molecule has 43 heavy (non-hydrogen) atoms. The molecule has 5 rings (SSSR count). The molecule has 1 aliphatic rings. The third-order valence-electron chi connectivity index (χ3n) is 7.56. The van der Waals surface area contributed by atoms with Crippen LogP contribution in [0.1, 0.15) is 32.0 Å². The molecule has 10 nitrogen and oxygen atoms in total. The normalized spacial score (nSPS) is 13.2. The van der Waals surface area contributed by atoms with E-state index in [0.717, 1.165) is 11.3 Å². The van der Waals surface area contributed by atoms with Crippen LogP contribution in [0.2, 0.25) is 5.02 Å². The van der Waals surface area contributed by atoms with Gasteiger partial charge in [0.25, 0.3) is 11.8 Å². The summed E-state index contributed by atoms with van der Waals surface area (Å²) >= 11 is 6.65. The molecule has 1 saturated heterocycles. The monoisotopic (exact) mass is 603 g/mol. The number of nitrogens with one attached hydrogen (secondary N) is 1. The summed E-state index contributed by atoms with van der Waals surface area (Å²) in [4.78, 5) is 32.5. The summed E-state index contributed by atoms with van der Waals surface area (Å²) in [5.41, 5.74) is 4.81. The summed E-state index contributed by atoms with van der Waals surface area (Å²) in [7, 11) is 5.45. The van der Waals surface area contributed by atoms with Crippen molar-refractivity contribution in [3.05, 3.63) is 88.1 Å². The van der Waals surface area contributed by atoms with Crippen LogP contribution in [0.15, 0.2) is 65.2 Å². The van der Waals surface area contributed by atoms with Gasteiger partial charge in [0.15, 0.2) is 0 Å². The van der Waals surface area contributed by atoms with Crippen LogP contribution < -0.4 is 19.9 Å². The molecule has 0 atom stereocenters. The van der Waals surface area contributed by atoms with Gasteiger partial charge >= 0.3 is 0 Å². The number of hydrogen-bond acceptors (Lipinski definition) is 8. The molecule has 0 saturated carbocycles. The fraction of sp³-hybridized carbons (Fsp3) is 0.281. The Morgan fingerprint density at radius 1 is 1.07 bits per heavy atom. The van der Waals surface area contributed by atoms with Gasteiger partial charge in [-0.2, -0.15) is 0 Å². The van der Waals surface area contributed by atoms with Gasteiger partial charge in [-0.25, -0.2) is 0 Å². The molecule has 2 heterocycles. The molecule has 0 aliphatic carbocycles. The molecular formula is C32H34ClN5O5. The number of anilines is 3. The van der Waals surface area contributed by atoms with Crippen LogP contribution in [0.5, 0.6) is 5.75 Å². The average Bonchev–Trinajstić information content (AvgIpc) is 3.42. The summed E-state index contributed by atoms with van der Waals surface area (Å²) in [5.74, 6) is 0.655. The van der Waals surface area contributed by atoms with Crippen molar-refractivity contribution in [2.24, 2.45) is 0 Å². The molecule has 1 aliphatic heterocycles. The van der Waals surface area contributed by atoms with E-state index in [1.54, 1.807) is 43.2 Å². The lowest BCUT2D eigenvalue weighted by Crippen LogP contribution is -2.49. The van der Waals surface area contributed by atoms with Crippen LogP contribution in [0.25, 0.3) is 11.3 Å². The van der Waals surface area contributed by atoms with E-state index in [0.29, 0.717) is 76.5 Å². The minimum Gasteiger partial charge on any atom is -0.497 e. The number of carbonyl (C=O) groups excluding carboxylic acids is 2. The van der Waals surface area contributed by atoms with E-state index in [4.69, 9.17) is 20.9 Å². The number of hydrogen-bond donors (Lipinski definition) is 2. The van der Waals surface area contributed by atoms with Gasteiger partial charge in [0, 0.05) is 68.3 Å². The maximum absolute atomic E-state index is 13.7. The predicted molar refractivity (Wildman–Crippen MR) is 167 cm³/mol. The molecule has 11 heteroatoms. The topological polar surface area (TPSA) is 111 Å². The standard InChI is InChI=1S/C32H34ClN5O5/c1-20-29(30(35-43-20)22-6-5-7-25(16-22)42-4)32(41)38-14-12-37(13-15-38)28-18-27(23(19-39)17-26(28)33)34-31(40)21-8-10-24(11-9-21)36(2)3/h5-11,16-18,39H,12-15,19H2,1-4H3,(H,34,40). The van der Waals surface area contributed by atoms with Crippen molar-refractivity contribution in [2.75, 3.05) is 62.5 Å². The number of benzene rings is 3. The molecule has 0 radical (unpaired) electrons. The zero-order valence-electron chi connectivity index (χ0n) is 24.6. The summed E-state index contributed by atoms with van der Waals surface area (Å²) in [6.07, 6.45) is 0. The number of halogens is 1. The number of ether oxygens (including phenoxy) is 1. The summed E-state index contributed by atoms with van der Waals surface area (Å²) in [6, 6.07) is 18.1. The predicted octanol–water partition coefficient (Wildman–Crippen LogP) is 5.09. The molecule has 0 unspecified atom stereocenters. The Hall–Kier alpha value is -4.54. The maximum Gasteiger partial charge on any atom is 0.259 e. The van der Waals surface area contributed by atoms with Crippen molar-refractivity contribution in [1.82, 2.24) is 10.1 Å². The number of aliphatic hydroxyl groups is 1. The van der Waals surface area contributed by atoms with Crippen LogP contribution in [-0.4, -0.2) is 74.4 Å². The Morgan fingerprint density at radius 3 is 2.44 bits per heavy atom. The number of nitrogens with zero attached hydrogens (tertiary/aromatic N) is 4. The van der Waals surface area contributed by atoms with Crippen molar-refractivity contribution in [3.8, 4) is 17.0 Å². The minimum atomic E-state index is -0.292. The first kappa shape index (κ1) is 29.9. The first-order chi connectivity index (χ1) is 20.7. The summed E-state index contributed by atoms with van der Waals surface area (Å²) in [5, 5.41) is 17.5. The van der Waals surface area contributed by atoms with Gasteiger partial charge in [-0.15, -0.1) is 0 Å². The zero-order chi connectivity index (χ0) is 30.7. The molecule has 4 aromatic rings. The Labute approximate surface area is 255 Å². The van der Waals surface area contributed by atoms with Gasteiger partial charge in [0.2, 0.25) is 0 Å². The second-order valence-electron chi connectivity index (χ2n) is 10.5. The Morgan fingerprint density at radius 2 is 1.79 bits per heavy atom. The zero-order valence-corrected chi connectivity index (χ0v) is 25.3. The van der Waals surface area contributed by atoms with Crippen LogP contribution in [-0.2, 0) is 6.61 Å². The number of aryl methyl sites for hydroxylation is 1. The van der Waals surface area contributed by atoms with Crippen molar-refractivity contribution in [1.29, 1.82) is 0 Å².